The standard InChI is InChI=1S/C10H14N4S2/c1-14(7-2-3-16-6-7)9-5-12-8(4-13-9)10(11)15/h4-5,7H,2-3,6H2,1H3,(H2,11,15). The molecular weight excluding hydrogens is 240 g/mol. The molecule has 2 rings (SSSR count). The van der Waals surface area contributed by atoms with E-state index in [2.05, 4.69) is 21.9 Å². The van der Waals surface area contributed by atoms with Gasteiger partial charge in [0.2, 0.25) is 0 Å². The first-order valence-electron chi connectivity index (χ1n) is 5.11. The minimum atomic E-state index is 0.290. The van der Waals surface area contributed by atoms with Gasteiger partial charge in [0, 0.05) is 18.8 Å². The predicted octanol–water partition coefficient (Wildman–Crippen LogP) is 1.05. The van der Waals surface area contributed by atoms with Crippen molar-refractivity contribution in [2.45, 2.75) is 12.5 Å². The fourth-order valence-corrected chi connectivity index (χ4v) is 3.02. The molecule has 0 saturated carbocycles. The first-order valence-corrected chi connectivity index (χ1v) is 6.67. The van der Waals surface area contributed by atoms with Gasteiger partial charge in [0.15, 0.2) is 0 Å². The van der Waals surface area contributed by atoms with E-state index in [0.717, 1.165) is 11.6 Å². The van der Waals surface area contributed by atoms with Gasteiger partial charge in [-0.2, -0.15) is 11.8 Å². The van der Waals surface area contributed by atoms with Crippen LogP contribution in [0.1, 0.15) is 12.1 Å². The van der Waals surface area contributed by atoms with Crippen LogP contribution >= 0.6 is 24.0 Å². The number of hydrogen-bond acceptors (Lipinski definition) is 5. The molecule has 1 aromatic rings. The summed E-state index contributed by atoms with van der Waals surface area (Å²) in [6, 6.07) is 0.565. The molecule has 0 amide bonds. The molecule has 6 heteroatoms. The van der Waals surface area contributed by atoms with E-state index in [0.29, 0.717) is 11.7 Å². The lowest BCUT2D eigenvalue weighted by Gasteiger charge is -2.24. The lowest BCUT2D eigenvalue weighted by Crippen LogP contribution is -2.32. The topological polar surface area (TPSA) is 55.0 Å². The molecule has 2 N–H and O–H groups in total. The summed E-state index contributed by atoms with van der Waals surface area (Å²) in [5.41, 5.74) is 6.05. The molecule has 0 aliphatic carbocycles. The second-order valence-corrected chi connectivity index (χ2v) is 5.34. The number of thioether (sulfide) groups is 1. The fraction of sp³-hybridized carbons (Fsp3) is 0.500. The van der Waals surface area contributed by atoms with E-state index in [1.807, 2.05) is 11.8 Å². The lowest BCUT2D eigenvalue weighted by atomic mass is 10.2. The number of nitrogens with zero attached hydrogens (tertiary/aromatic N) is 3. The SMILES string of the molecule is CN(c1cnc(C(N)=S)cn1)C1CCSC1. The van der Waals surface area contributed by atoms with Crippen molar-refractivity contribution in [3.05, 3.63) is 18.1 Å². The van der Waals surface area contributed by atoms with Gasteiger partial charge in [0.05, 0.1) is 12.4 Å². The van der Waals surface area contributed by atoms with Crippen LogP contribution < -0.4 is 10.6 Å². The zero-order valence-electron chi connectivity index (χ0n) is 9.09. The monoisotopic (exact) mass is 254 g/mol. The maximum absolute atomic E-state index is 5.47. The Kier molecular flexibility index (Phi) is 3.60. The fourth-order valence-electron chi connectivity index (χ4n) is 1.65. The maximum atomic E-state index is 5.47. The Morgan fingerprint density at radius 3 is 2.88 bits per heavy atom. The average Bonchev–Trinajstić information content (AvgIpc) is 2.81. The van der Waals surface area contributed by atoms with E-state index in [-0.39, 0.29) is 4.99 Å². The lowest BCUT2D eigenvalue weighted by molar-refractivity contribution is 0.690. The molecule has 1 aliphatic heterocycles. The Morgan fingerprint density at radius 1 is 1.56 bits per heavy atom. The highest BCUT2D eigenvalue weighted by Gasteiger charge is 2.21. The van der Waals surface area contributed by atoms with Gasteiger partial charge in [-0.25, -0.2) is 9.97 Å². The van der Waals surface area contributed by atoms with Gasteiger partial charge in [-0.1, -0.05) is 12.2 Å². The van der Waals surface area contributed by atoms with Crippen LogP contribution in [0.2, 0.25) is 0 Å². The normalized spacial score (nSPS) is 19.7. The van der Waals surface area contributed by atoms with Crippen LogP contribution in [-0.4, -0.2) is 39.6 Å². The Balaban J connectivity index is 2.11. The van der Waals surface area contributed by atoms with Gasteiger partial charge in [-0.3, -0.25) is 0 Å². The van der Waals surface area contributed by atoms with Crippen LogP contribution in [-0.2, 0) is 0 Å². The van der Waals surface area contributed by atoms with Crippen LogP contribution in [0.3, 0.4) is 0 Å². The van der Waals surface area contributed by atoms with Gasteiger partial charge in [-0.15, -0.1) is 0 Å². The number of thiocarbonyl (C=S) groups is 1. The van der Waals surface area contributed by atoms with Crippen LogP contribution in [0.15, 0.2) is 12.4 Å². The summed E-state index contributed by atoms with van der Waals surface area (Å²) in [6.07, 6.45) is 4.58. The van der Waals surface area contributed by atoms with Crippen molar-refractivity contribution >= 4 is 34.8 Å². The molecule has 16 heavy (non-hydrogen) atoms. The Hall–Kier alpha value is -0.880. The second kappa shape index (κ2) is 4.97. The van der Waals surface area contributed by atoms with Crippen molar-refractivity contribution < 1.29 is 0 Å². The summed E-state index contributed by atoms with van der Waals surface area (Å²) in [5.74, 6) is 3.27. The molecule has 4 nitrogen and oxygen atoms in total. The summed E-state index contributed by atoms with van der Waals surface area (Å²) >= 11 is 6.82. The third kappa shape index (κ3) is 2.44. The molecule has 1 unspecified atom stereocenters. The molecule has 1 saturated heterocycles. The number of aromatic nitrogens is 2. The van der Waals surface area contributed by atoms with Crippen molar-refractivity contribution in [3.8, 4) is 0 Å². The summed E-state index contributed by atoms with van der Waals surface area (Å²) in [5, 5.41) is 0. The van der Waals surface area contributed by atoms with Crippen LogP contribution in [0, 0.1) is 0 Å². The van der Waals surface area contributed by atoms with Gasteiger partial charge in [0.1, 0.15) is 16.5 Å². The van der Waals surface area contributed by atoms with Gasteiger partial charge >= 0.3 is 0 Å². The molecule has 0 spiro atoms. The molecule has 86 valence electrons. The Labute approximate surface area is 105 Å². The molecule has 0 radical (unpaired) electrons. The van der Waals surface area contributed by atoms with E-state index in [4.69, 9.17) is 18.0 Å². The predicted molar refractivity (Wildman–Crippen MR) is 72.1 cm³/mol. The van der Waals surface area contributed by atoms with E-state index in [1.165, 1.54) is 12.2 Å². The highest BCUT2D eigenvalue weighted by atomic mass is 32.2. The smallest absolute Gasteiger partial charge is 0.147 e. The zero-order chi connectivity index (χ0) is 11.5. The molecule has 0 aromatic carbocycles. The molecule has 1 aliphatic rings. The van der Waals surface area contributed by atoms with E-state index < -0.39 is 0 Å². The number of anilines is 1. The molecule has 1 fully saturated rings. The van der Waals surface area contributed by atoms with Crippen LogP contribution in [0.4, 0.5) is 5.82 Å². The zero-order valence-corrected chi connectivity index (χ0v) is 10.7. The minimum absolute atomic E-state index is 0.290. The summed E-state index contributed by atoms with van der Waals surface area (Å²) < 4.78 is 0. The first kappa shape index (κ1) is 11.6. The molecule has 1 aromatic heterocycles. The first-order chi connectivity index (χ1) is 7.68. The minimum Gasteiger partial charge on any atom is -0.388 e. The highest BCUT2D eigenvalue weighted by Crippen LogP contribution is 2.24. The van der Waals surface area contributed by atoms with Crippen LogP contribution in [0.25, 0.3) is 0 Å². The summed E-state index contributed by atoms with van der Waals surface area (Å²) in [7, 11) is 2.06. The number of rotatable bonds is 3. The van der Waals surface area contributed by atoms with Crippen molar-refractivity contribution in [2.24, 2.45) is 5.73 Å². The average molecular weight is 254 g/mol. The quantitative estimate of drug-likeness (QED) is 0.814. The Bertz CT molecular complexity index is 373. The number of nitrogens with two attached hydrogens (primary N) is 1. The van der Waals surface area contributed by atoms with Crippen molar-refractivity contribution in [3.63, 3.8) is 0 Å². The second-order valence-electron chi connectivity index (χ2n) is 3.75. The summed E-state index contributed by atoms with van der Waals surface area (Å²) in [4.78, 5) is 11.0. The van der Waals surface area contributed by atoms with Gasteiger partial charge in [-0.05, 0) is 12.2 Å². The van der Waals surface area contributed by atoms with Gasteiger partial charge < -0.3 is 10.6 Å². The van der Waals surface area contributed by atoms with E-state index in [1.54, 1.807) is 12.4 Å². The third-order valence-corrected chi connectivity index (χ3v) is 4.06. The molecule has 1 atom stereocenters. The van der Waals surface area contributed by atoms with Crippen molar-refractivity contribution in [1.82, 2.24) is 9.97 Å². The van der Waals surface area contributed by atoms with Crippen molar-refractivity contribution in [2.75, 3.05) is 23.5 Å². The van der Waals surface area contributed by atoms with Crippen molar-refractivity contribution in [1.29, 1.82) is 0 Å². The summed E-state index contributed by atoms with van der Waals surface area (Å²) in [6.45, 7) is 0. The van der Waals surface area contributed by atoms with E-state index >= 15 is 0 Å². The largest absolute Gasteiger partial charge is 0.388 e. The Morgan fingerprint density at radius 2 is 2.38 bits per heavy atom. The molecule has 2 heterocycles. The molecule has 0 bridgehead atoms. The highest BCUT2D eigenvalue weighted by molar-refractivity contribution is 7.99. The van der Waals surface area contributed by atoms with Crippen LogP contribution in [0.5, 0.6) is 0 Å². The van der Waals surface area contributed by atoms with E-state index in [9.17, 15) is 0 Å². The van der Waals surface area contributed by atoms with Gasteiger partial charge in [0.25, 0.3) is 0 Å². The molecular formula is C10H14N4S2. The third-order valence-electron chi connectivity index (χ3n) is 2.71. The number of hydrogen-bond donors (Lipinski definition) is 1. The maximum Gasteiger partial charge on any atom is 0.147 e.